The van der Waals surface area contributed by atoms with Gasteiger partial charge in [-0.15, -0.1) is 0 Å². The standard InChI is InChI=1S/C26H21F2N3O4S/c27-23-11-10-19(12-24(23)28)14-30-26(32)22-8-4-5-9-25(22)36(33,34)31-20-13-21(16-29-15-20)35-17-18-6-2-1-3-7-18/h1-13,15-16,31H,14,17H2,(H,30,32). The fourth-order valence-corrected chi connectivity index (χ4v) is 4.56. The molecule has 36 heavy (non-hydrogen) atoms. The highest BCUT2D eigenvalue weighted by molar-refractivity contribution is 7.92. The largest absolute Gasteiger partial charge is 0.487 e. The van der Waals surface area contributed by atoms with Crippen molar-refractivity contribution in [2.24, 2.45) is 0 Å². The molecule has 0 spiro atoms. The maximum Gasteiger partial charge on any atom is 0.262 e. The van der Waals surface area contributed by atoms with E-state index >= 15 is 0 Å². The third-order valence-electron chi connectivity index (χ3n) is 5.07. The van der Waals surface area contributed by atoms with E-state index in [1.54, 1.807) is 0 Å². The van der Waals surface area contributed by atoms with Crippen molar-refractivity contribution >= 4 is 21.6 Å². The molecule has 3 aromatic carbocycles. The fraction of sp³-hybridized carbons (Fsp3) is 0.0769. The SMILES string of the molecule is O=C(NCc1ccc(F)c(F)c1)c1ccccc1S(=O)(=O)Nc1cncc(OCc2ccccc2)c1. The zero-order chi connectivity index (χ0) is 25.5. The highest BCUT2D eigenvalue weighted by atomic mass is 32.2. The molecule has 0 bridgehead atoms. The van der Waals surface area contributed by atoms with Crippen LogP contribution in [-0.2, 0) is 23.2 Å². The van der Waals surface area contributed by atoms with Gasteiger partial charge in [0.05, 0.1) is 23.6 Å². The molecule has 4 rings (SSSR count). The van der Waals surface area contributed by atoms with Crippen LogP contribution in [0.15, 0.2) is 96.2 Å². The molecule has 1 heterocycles. The Morgan fingerprint density at radius 3 is 2.39 bits per heavy atom. The van der Waals surface area contributed by atoms with Gasteiger partial charge in [-0.1, -0.05) is 48.5 Å². The van der Waals surface area contributed by atoms with Gasteiger partial charge >= 0.3 is 0 Å². The quantitative estimate of drug-likeness (QED) is 0.342. The van der Waals surface area contributed by atoms with Gasteiger partial charge in [0.25, 0.3) is 15.9 Å². The average molecular weight is 510 g/mol. The summed E-state index contributed by atoms with van der Waals surface area (Å²) in [4.78, 5) is 16.5. The number of ether oxygens (including phenoxy) is 1. The fourth-order valence-electron chi connectivity index (χ4n) is 3.32. The number of carbonyl (C=O) groups excluding carboxylic acids is 1. The summed E-state index contributed by atoms with van der Waals surface area (Å²) in [7, 11) is -4.18. The number of hydrogen-bond acceptors (Lipinski definition) is 5. The van der Waals surface area contributed by atoms with E-state index < -0.39 is 27.6 Å². The van der Waals surface area contributed by atoms with Gasteiger partial charge in [0, 0.05) is 12.6 Å². The van der Waals surface area contributed by atoms with Crippen molar-refractivity contribution in [2.45, 2.75) is 18.0 Å². The number of pyridine rings is 1. The van der Waals surface area contributed by atoms with E-state index in [9.17, 15) is 22.0 Å². The minimum Gasteiger partial charge on any atom is -0.487 e. The highest BCUT2D eigenvalue weighted by Gasteiger charge is 2.22. The first-order valence-electron chi connectivity index (χ1n) is 10.8. The van der Waals surface area contributed by atoms with E-state index in [1.807, 2.05) is 30.3 Å². The Kier molecular flexibility index (Phi) is 7.55. The Balaban J connectivity index is 1.47. The first kappa shape index (κ1) is 24.8. The Bertz CT molecular complexity index is 1480. The lowest BCUT2D eigenvalue weighted by molar-refractivity contribution is 0.0947. The van der Waals surface area contributed by atoms with E-state index in [1.165, 1.54) is 48.8 Å². The Hall–Kier alpha value is -4.31. The van der Waals surface area contributed by atoms with Crippen LogP contribution in [0.25, 0.3) is 0 Å². The van der Waals surface area contributed by atoms with Crippen molar-refractivity contribution in [3.8, 4) is 5.75 Å². The minimum absolute atomic E-state index is 0.114. The molecule has 0 aliphatic rings. The number of hydrogen-bond donors (Lipinski definition) is 2. The maximum absolute atomic E-state index is 13.4. The lowest BCUT2D eigenvalue weighted by Gasteiger charge is -2.13. The molecule has 10 heteroatoms. The number of benzene rings is 3. The van der Waals surface area contributed by atoms with Crippen LogP contribution in [0.1, 0.15) is 21.5 Å². The minimum atomic E-state index is -4.18. The molecule has 1 amide bonds. The molecule has 0 unspecified atom stereocenters. The molecule has 0 aliphatic carbocycles. The predicted molar refractivity (Wildman–Crippen MR) is 130 cm³/mol. The molecule has 7 nitrogen and oxygen atoms in total. The third kappa shape index (κ3) is 6.22. The van der Waals surface area contributed by atoms with Crippen molar-refractivity contribution in [3.63, 3.8) is 0 Å². The number of nitrogens with one attached hydrogen (secondary N) is 2. The Morgan fingerprint density at radius 2 is 1.61 bits per heavy atom. The van der Waals surface area contributed by atoms with Gasteiger partial charge < -0.3 is 10.1 Å². The van der Waals surface area contributed by atoms with Gasteiger partial charge in [-0.3, -0.25) is 14.5 Å². The second kappa shape index (κ2) is 11.0. The molecule has 0 atom stereocenters. The van der Waals surface area contributed by atoms with Crippen molar-refractivity contribution in [1.82, 2.24) is 10.3 Å². The number of carbonyl (C=O) groups is 1. The van der Waals surface area contributed by atoms with E-state index in [2.05, 4.69) is 15.0 Å². The van der Waals surface area contributed by atoms with Crippen LogP contribution in [0.3, 0.4) is 0 Å². The number of anilines is 1. The molecule has 184 valence electrons. The first-order valence-corrected chi connectivity index (χ1v) is 12.3. The zero-order valence-corrected chi connectivity index (χ0v) is 19.6. The van der Waals surface area contributed by atoms with Crippen LogP contribution < -0.4 is 14.8 Å². The third-order valence-corrected chi connectivity index (χ3v) is 6.51. The summed E-state index contributed by atoms with van der Waals surface area (Å²) in [5, 5.41) is 2.53. The lowest BCUT2D eigenvalue weighted by Crippen LogP contribution is -2.26. The monoisotopic (exact) mass is 509 g/mol. The van der Waals surface area contributed by atoms with Gasteiger partial charge in [0.15, 0.2) is 11.6 Å². The van der Waals surface area contributed by atoms with Gasteiger partial charge in [0.2, 0.25) is 0 Å². The van der Waals surface area contributed by atoms with Gasteiger partial charge in [-0.2, -0.15) is 0 Å². The smallest absolute Gasteiger partial charge is 0.262 e. The van der Waals surface area contributed by atoms with Crippen LogP contribution in [0.2, 0.25) is 0 Å². The molecule has 0 radical (unpaired) electrons. The van der Waals surface area contributed by atoms with Crippen molar-refractivity contribution in [3.05, 3.63) is 120 Å². The molecular weight excluding hydrogens is 488 g/mol. The number of amides is 1. The number of aromatic nitrogens is 1. The van der Waals surface area contributed by atoms with Crippen LogP contribution in [0, 0.1) is 11.6 Å². The summed E-state index contributed by atoms with van der Waals surface area (Å²) in [5.41, 5.74) is 1.29. The van der Waals surface area contributed by atoms with Crippen LogP contribution >= 0.6 is 0 Å². The summed E-state index contributed by atoms with van der Waals surface area (Å²) < 4.78 is 60.9. The highest BCUT2D eigenvalue weighted by Crippen LogP contribution is 2.23. The first-order chi connectivity index (χ1) is 17.3. The summed E-state index contributed by atoms with van der Waals surface area (Å²) in [6, 6.07) is 19.8. The molecule has 0 fully saturated rings. The number of rotatable bonds is 9. The van der Waals surface area contributed by atoms with E-state index in [4.69, 9.17) is 4.74 Å². The predicted octanol–water partition coefficient (Wildman–Crippen LogP) is 4.67. The lowest BCUT2D eigenvalue weighted by atomic mass is 10.2. The van der Waals surface area contributed by atoms with E-state index in [0.29, 0.717) is 11.3 Å². The van der Waals surface area contributed by atoms with Gasteiger partial charge in [0.1, 0.15) is 17.3 Å². The van der Waals surface area contributed by atoms with Gasteiger partial charge in [-0.05, 0) is 35.4 Å². The molecule has 0 aliphatic heterocycles. The topological polar surface area (TPSA) is 97.4 Å². The molecular formula is C26H21F2N3O4S. The number of halogens is 2. The van der Waals surface area contributed by atoms with E-state index in [-0.39, 0.29) is 29.3 Å². The zero-order valence-electron chi connectivity index (χ0n) is 18.8. The maximum atomic E-state index is 13.4. The van der Waals surface area contributed by atoms with Crippen LogP contribution in [0.4, 0.5) is 14.5 Å². The van der Waals surface area contributed by atoms with Crippen molar-refractivity contribution < 1.29 is 26.7 Å². The summed E-state index contributed by atoms with van der Waals surface area (Å²) >= 11 is 0. The molecule has 4 aromatic rings. The number of sulfonamides is 1. The second-order valence-electron chi connectivity index (χ2n) is 7.72. The molecule has 2 N–H and O–H groups in total. The van der Waals surface area contributed by atoms with Crippen LogP contribution in [0.5, 0.6) is 5.75 Å². The molecule has 0 saturated heterocycles. The number of nitrogens with zero attached hydrogens (tertiary/aromatic N) is 1. The summed E-state index contributed by atoms with van der Waals surface area (Å²) in [6.45, 7) is 0.155. The van der Waals surface area contributed by atoms with E-state index in [0.717, 1.165) is 17.7 Å². The normalized spacial score (nSPS) is 11.1. The second-order valence-corrected chi connectivity index (χ2v) is 9.37. The Labute approximate surface area is 206 Å². The van der Waals surface area contributed by atoms with Crippen molar-refractivity contribution in [1.29, 1.82) is 0 Å². The average Bonchev–Trinajstić information content (AvgIpc) is 2.88. The van der Waals surface area contributed by atoms with Gasteiger partial charge in [-0.25, -0.2) is 17.2 Å². The Morgan fingerprint density at radius 1 is 0.861 bits per heavy atom. The van der Waals surface area contributed by atoms with Crippen molar-refractivity contribution in [2.75, 3.05) is 4.72 Å². The van der Waals surface area contributed by atoms with Crippen LogP contribution in [-0.4, -0.2) is 19.3 Å². The summed E-state index contributed by atoms with van der Waals surface area (Å²) in [5.74, 6) is -2.38. The molecule has 1 aromatic heterocycles. The molecule has 0 saturated carbocycles. The summed E-state index contributed by atoms with van der Waals surface area (Å²) in [6.07, 6.45) is 2.78.